The molecule has 0 spiro atoms. The van der Waals surface area contributed by atoms with Crippen LogP contribution in [0.25, 0.3) is 10.6 Å². The summed E-state index contributed by atoms with van der Waals surface area (Å²) >= 11 is 1.66. The Bertz CT molecular complexity index is 884. The number of carbonyl (C=O) groups excluding carboxylic acids is 1. The summed E-state index contributed by atoms with van der Waals surface area (Å²) in [7, 11) is 0. The van der Waals surface area contributed by atoms with E-state index in [0.29, 0.717) is 12.1 Å². The number of carbonyl (C=O) groups is 1. The fourth-order valence-electron chi connectivity index (χ4n) is 3.22. The highest BCUT2D eigenvalue weighted by atomic mass is 32.1. The molecule has 0 saturated heterocycles. The van der Waals surface area contributed by atoms with Crippen molar-refractivity contribution in [1.29, 1.82) is 0 Å². The molecule has 1 aliphatic carbocycles. The first kappa shape index (κ1) is 16.0. The normalized spacial score (nSPS) is 14.9. The minimum Gasteiger partial charge on any atom is -0.351 e. The molecule has 25 heavy (non-hydrogen) atoms. The van der Waals surface area contributed by atoms with Crippen LogP contribution >= 0.6 is 11.3 Å². The van der Waals surface area contributed by atoms with Crippen molar-refractivity contribution in [1.82, 2.24) is 10.3 Å². The summed E-state index contributed by atoms with van der Waals surface area (Å²) < 4.78 is 0. The van der Waals surface area contributed by atoms with E-state index in [1.807, 2.05) is 42.6 Å². The lowest BCUT2D eigenvalue weighted by molar-refractivity contribution is 0.0948. The molecule has 3 aromatic rings. The summed E-state index contributed by atoms with van der Waals surface area (Å²) in [4.78, 5) is 18.3. The number of aryl methyl sites for hydroxylation is 1. The third kappa shape index (κ3) is 3.22. The molecule has 0 unspecified atom stereocenters. The maximum atomic E-state index is 12.6. The van der Waals surface area contributed by atoms with Crippen LogP contribution in [0, 0.1) is 6.92 Å². The number of hydrogen-bond donors (Lipinski definition) is 1. The van der Waals surface area contributed by atoms with Crippen molar-refractivity contribution in [3.05, 3.63) is 76.8 Å². The van der Waals surface area contributed by atoms with Gasteiger partial charge in [-0.1, -0.05) is 36.4 Å². The van der Waals surface area contributed by atoms with E-state index in [2.05, 4.69) is 34.6 Å². The van der Waals surface area contributed by atoms with E-state index in [1.165, 1.54) is 5.56 Å². The van der Waals surface area contributed by atoms with Crippen molar-refractivity contribution in [2.45, 2.75) is 25.2 Å². The maximum absolute atomic E-state index is 12.6. The average Bonchev–Trinajstić information content (AvgIpc) is 3.24. The summed E-state index contributed by atoms with van der Waals surface area (Å²) in [5.41, 5.74) is 3.79. The maximum Gasteiger partial charge on any atom is 0.253 e. The van der Waals surface area contributed by atoms with Crippen molar-refractivity contribution >= 4 is 17.2 Å². The highest BCUT2D eigenvalue weighted by molar-refractivity contribution is 7.13. The molecule has 126 valence electrons. The molecule has 0 radical (unpaired) electrons. The molecule has 4 heteroatoms. The van der Waals surface area contributed by atoms with Crippen LogP contribution in [0.3, 0.4) is 0 Å². The van der Waals surface area contributed by atoms with E-state index in [1.54, 1.807) is 11.3 Å². The minimum absolute atomic E-state index is 0.0371. The van der Waals surface area contributed by atoms with Gasteiger partial charge in [0.15, 0.2) is 0 Å². The Morgan fingerprint density at radius 2 is 1.92 bits per heavy atom. The van der Waals surface area contributed by atoms with E-state index in [4.69, 9.17) is 0 Å². The van der Waals surface area contributed by atoms with Gasteiger partial charge in [-0.3, -0.25) is 9.78 Å². The van der Waals surface area contributed by atoms with Gasteiger partial charge in [-0.2, -0.15) is 0 Å². The second-order valence-corrected chi connectivity index (χ2v) is 7.58. The molecule has 1 amide bonds. The molecule has 2 heterocycles. The zero-order chi connectivity index (χ0) is 17.3. The van der Waals surface area contributed by atoms with Crippen LogP contribution in [0.1, 0.15) is 34.5 Å². The molecule has 1 N–H and O–H groups in total. The summed E-state index contributed by atoms with van der Waals surface area (Å²) in [6, 6.07) is 18.3. The molecule has 0 aliphatic heterocycles. The molecule has 3 nitrogen and oxygen atoms in total. The van der Waals surface area contributed by atoms with Crippen LogP contribution < -0.4 is 5.32 Å². The van der Waals surface area contributed by atoms with Gasteiger partial charge in [0.2, 0.25) is 0 Å². The Labute approximate surface area is 151 Å². The summed E-state index contributed by atoms with van der Waals surface area (Å²) in [5, 5.41) is 5.15. The number of nitrogens with one attached hydrogen (secondary N) is 1. The Kier molecular flexibility index (Phi) is 4.14. The molecule has 1 aromatic carbocycles. The standard InChI is InChI=1S/C21H20N2OS/c1-15-17(9-10-18(23-15)19-8-5-13-25-19)20(24)22-14-21(11-12-21)16-6-3-2-4-7-16/h2-10,13H,11-12,14H2,1H3,(H,22,24). The first-order chi connectivity index (χ1) is 12.2. The van der Waals surface area contributed by atoms with Crippen molar-refractivity contribution in [2.75, 3.05) is 6.54 Å². The number of pyridine rings is 1. The highest BCUT2D eigenvalue weighted by Crippen LogP contribution is 2.47. The quantitative estimate of drug-likeness (QED) is 0.733. The van der Waals surface area contributed by atoms with Gasteiger partial charge in [0, 0.05) is 12.0 Å². The van der Waals surface area contributed by atoms with Gasteiger partial charge < -0.3 is 5.32 Å². The van der Waals surface area contributed by atoms with Crippen molar-refractivity contribution in [3.8, 4) is 10.6 Å². The molecular formula is C21H20N2OS. The van der Waals surface area contributed by atoms with Crippen LogP contribution in [0.4, 0.5) is 0 Å². The van der Waals surface area contributed by atoms with E-state index in [0.717, 1.165) is 29.1 Å². The number of amides is 1. The Morgan fingerprint density at radius 3 is 2.56 bits per heavy atom. The SMILES string of the molecule is Cc1nc(-c2cccs2)ccc1C(=O)NCC1(c2ccccc2)CC1. The summed E-state index contributed by atoms with van der Waals surface area (Å²) in [6.45, 7) is 2.58. The number of hydrogen-bond acceptors (Lipinski definition) is 3. The van der Waals surface area contributed by atoms with Crippen molar-refractivity contribution in [3.63, 3.8) is 0 Å². The van der Waals surface area contributed by atoms with Gasteiger partial charge in [0.1, 0.15) is 0 Å². The predicted molar refractivity (Wildman–Crippen MR) is 102 cm³/mol. The highest BCUT2D eigenvalue weighted by Gasteiger charge is 2.44. The Balaban J connectivity index is 1.47. The topological polar surface area (TPSA) is 42.0 Å². The number of nitrogens with zero attached hydrogens (tertiary/aromatic N) is 1. The first-order valence-corrected chi connectivity index (χ1v) is 9.41. The van der Waals surface area contributed by atoms with E-state index in [9.17, 15) is 4.79 Å². The van der Waals surface area contributed by atoms with Crippen molar-refractivity contribution < 1.29 is 4.79 Å². The molecule has 4 rings (SSSR count). The third-order valence-electron chi connectivity index (χ3n) is 4.93. The van der Waals surface area contributed by atoms with E-state index >= 15 is 0 Å². The minimum atomic E-state index is -0.0371. The zero-order valence-electron chi connectivity index (χ0n) is 14.2. The van der Waals surface area contributed by atoms with Crippen molar-refractivity contribution in [2.24, 2.45) is 0 Å². The van der Waals surface area contributed by atoms with Gasteiger partial charge in [0.25, 0.3) is 5.91 Å². The second-order valence-electron chi connectivity index (χ2n) is 6.64. The van der Waals surface area contributed by atoms with Crippen LogP contribution in [0.15, 0.2) is 60.0 Å². The number of thiophene rings is 1. The summed E-state index contributed by atoms with van der Waals surface area (Å²) in [5.74, 6) is -0.0371. The molecule has 0 bridgehead atoms. The Morgan fingerprint density at radius 1 is 1.12 bits per heavy atom. The lowest BCUT2D eigenvalue weighted by atomic mass is 9.96. The van der Waals surface area contributed by atoms with Crippen LogP contribution in [0.2, 0.25) is 0 Å². The van der Waals surface area contributed by atoms with Crippen LogP contribution in [-0.2, 0) is 5.41 Å². The molecule has 0 atom stereocenters. The number of aromatic nitrogens is 1. The molecule has 1 aliphatic rings. The predicted octanol–water partition coefficient (Wildman–Crippen LogP) is 4.58. The average molecular weight is 348 g/mol. The van der Waals surface area contributed by atoms with Gasteiger partial charge in [-0.25, -0.2) is 0 Å². The monoisotopic (exact) mass is 348 g/mol. The fraction of sp³-hybridized carbons (Fsp3) is 0.238. The van der Waals surface area contributed by atoms with Crippen LogP contribution in [-0.4, -0.2) is 17.4 Å². The Hall–Kier alpha value is -2.46. The van der Waals surface area contributed by atoms with E-state index in [-0.39, 0.29) is 11.3 Å². The first-order valence-electron chi connectivity index (χ1n) is 8.53. The molecule has 2 aromatic heterocycles. The van der Waals surface area contributed by atoms with Gasteiger partial charge >= 0.3 is 0 Å². The lowest BCUT2D eigenvalue weighted by Gasteiger charge is -2.17. The largest absolute Gasteiger partial charge is 0.351 e. The van der Waals surface area contributed by atoms with E-state index < -0.39 is 0 Å². The molecule has 1 fully saturated rings. The second kappa shape index (κ2) is 6.45. The van der Waals surface area contributed by atoms with Crippen LogP contribution in [0.5, 0.6) is 0 Å². The zero-order valence-corrected chi connectivity index (χ0v) is 15.0. The molecular weight excluding hydrogens is 328 g/mol. The number of benzene rings is 1. The number of rotatable bonds is 5. The van der Waals surface area contributed by atoms with Gasteiger partial charge in [-0.05, 0) is 48.9 Å². The summed E-state index contributed by atoms with van der Waals surface area (Å²) in [6.07, 6.45) is 2.26. The lowest BCUT2D eigenvalue weighted by Crippen LogP contribution is -2.32. The molecule has 1 saturated carbocycles. The van der Waals surface area contributed by atoms with Gasteiger partial charge in [-0.15, -0.1) is 11.3 Å². The fourth-order valence-corrected chi connectivity index (χ4v) is 3.91. The smallest absolute Gasteiger partial charge is 0.253 e. The van der Waals surface area contributed by atoms with Gasteiger partial charge in [0.05, 0.1) is 21.8 Å². The third-order valence-corrected chi connectivity index (χ3v) is 5.82.